The van der Waals surface area contributed by atoms with Crippen molar-refractivity contribution in [2.45, 2.75) is 31.7 Å². The molecule has 2 aliphatic heterocycles. The third kappa shape index (κ3) is 3.22. The lowest BCUT2D eigenvalue weighted by molar-refractivity contribution is 0.0963. The summed E-state index contributed by atoms with van der Waals surface area (Å²) in [5, 5.41) is 15.2. The molecule has 0 radical (unpaired) electrons. The molecule has 1 aromatic carbocycles. The van der Waals surface area contributed by atoms with E-state index < -0.39 is 6.04 Å². The largest absolute Gasteiger partial charge is 0.450 e. The molecule has 3 aromatic rings. The molecule has 10 nitrogen and oxygen atoms in total. The highest BCUT2D eigenvalue weighted by molar-refractivity contribution is 5.99. The standard InChI is InChI=1S/C21H21N7O3/c1-3-30-21(29)28-9-7-12(8-10-28)17-19(22-2)16(14-11-23-25-20(14)24-17)13-5-4-6-15-18(13)27-31-26-15/h4-6,11-12,16,19H,3,7-10H2,1H3,(H,23,25). The lowest BCUT2D eigenvalue weighted by Gasteiger charge is -2.34. The van der Waals surface area contributed by atoms with Crippen LogP contribution < -0.4 is 0 Å². The Kier molecular flexibility index (Phi) is 4.86. The molecule has 2 aromatic heterocycles. The molecule has 2 aliphatic rings. The van der Waals surface area contributed by atoms with Gasteiger partial charge in [-0.25, -0.2) is 21.0 Å². The monoisotopic (exact) mass is 419 g/mol. The maximum atomic E-state index is 12.1. The molecule has 0 bridgehead atoms. The number of rotatable bonds is 3. The van der Waals surface area contributed by atoms with Crippen molar-refractivity contribution in [1.82, 2.24) is 25.4 Å². The van der Waals surface area contributed by atoms with Crippen LogP contribution in [-0.2, 0) is 4.74 Å². The van der Waals surface area contributed by atoms with Gasteiger partial charge >= 0.3 is 6.09 Å². The van der Waals surface area contributed by atoms with Crippen molar-refractivity contribution in [3.63, 3.8) is 0 Å². The van der Waals surface area contributed by atoms with Crippen molar-refractivity contribution >= 4 is 28.7 Å². The number of carbonyl (C=O) groups is 1. The van der Waals surface area contributed by atoms with Gasteiger partial charge in [-0.2, -0.15) is 5.10 Å². The number of ether oxygens (including phenoxy) is 1. The van der Waals surface area contributed by atoms with Gasteiger partial charge in [0.2, 0.25) is 0 Å². The number of aromatic amines is 1. The van der Waals surface area contributed by atoms with E-state index in [-0.39, 0.29) is 17.9 Å². The number of piperidine rings is 1. The molecule has 0 aliphatic carbocycles. The number of aliphatic imine (C=N–C) groups is 1. The van der Waals surface area contributed by atoms with Gasteiger partial charge in [-0.1, -0.05) is 12.1 Å². The quantitative estimate of drug-likeness (QED) is 0.652. The van der Waals surface area contributed by atoms with Crippen molar-refractivity contribution in [3.05, 3.63) is 46.9 Å². The SMILES string of the molecule is [C-]#[N+]C1C(C2CCN(C(=O)OCC)CC2)=Nc2[nH]ncc2C1c1cccc2nonc12. The van der Waals surface area contributed by atoms with E-state index in [9.17, 15) is 4.79 Å². The Bertz CT molecular complexity index is 1180. The fourth-order valence-electron chi connectivity index (χ4n) is 4.60. The van der Waals surface area contributed by atoms with E-state index in [1.165, 1.54) is 0 Å². The maximum Gasteiger partial charge on any atom is 0.409 e. The van der Waals surface area contributed by atoms with E-state index >= 15 is 0 Å². The molecule has 158 valence electrons. The summed E-state index contributed by atoms with van der Waals surface area (Å²) in [7, 11) is 0. The van der Waals surface area contributed by atoms with Gasteiger partial charge in [-0.15, -0.1) is 0 Å². The molecule has 31 heavy (non-hydrogen) atoms. The first-order valence-corrected chi connectivity index (χ1v) is 10.3. The maximum absolute atomic E-state index is 12.1. The first-order valence-electron chi connectivity index (χ1n) is 10.3. The molecule has 1 fully saturated rings. The zero-order chi connectivity index (χ0) is 21.4. The zero-order valence-electron chi connectivity index (χ0n) is 17.0. The molecular formula is C21H21N7O3. The number of hydrogen-bond acceptors (Lipinski definition) is 7. The minimum atomic E-state index is -0.494. The van der Waals surface area contributed by atoms with Crippen LogP contribution in [0, 0.1) is 12.5 Å². The van der Waals surface area contributed by atoms with Crippen molar-refractivity contribution in [3.8, 4) is 0 Å². The first-order chi connectivity index (χ1) is 15.2. The highest BCUT2D eigenvalue weighted by atomic mass is 16.6. The molecule has 10 heteroatoms. The Morgan fingerprint density at radius 1 is 1.32 bits per heavy atom. The minimum Gasteiger partial charge on any atom is -0.450 e. The number of nitrogens with zero attached hydrogens (tertiary/aromatic N) is 6. The average Bonchev–Trinajstić information content (AvgIpc) is 3.47. The van der Waals surface area contributed by atoms with E-state index in [1.807, 2.05) is 18.2 Å². The average molecular weight is 419 g/mol. The lowest BCUT2D eigenvalue weighted by Crippen LogP contribution is -2.43. The van der Waals surface area contributed by atoms with Crippen LogP contribution >= 0.6 is 0 Å². The fourth-order valence-corrected chi connectivity index (χ4v) is 4.60. The minimum absolute atomic E-state index is 0.0957. The van der Waals surface area contributed by atoms with Gasteiger partial charge in [0.15, 0.2) is 5.82 Å². The van der Waals surface area contributed by atoms with E-state index in [4.69, 9.17) is 20.9 Å². The summed E-state index contributed by atoms with van der Waals surface area (Å²) in [4.78, 5) is 22.6. The van der Waals surface area contributed by atoms with Gasteiger partial charge in [0.25, 0.3) is 6.04 Å². The van der Waals surface area contributed by atoms with Gasteiger partial charge in [0, 0.05) is 24.6 Å². The van der Waals surface area contributed by atoms with E-state index in [1.54, 1.807) is 18.0 Å². The molecular weight excluding hydrogens is 398 g/mol. The summed E-state index contributed by atoms with van der Waals surface area (Å²) in [6, 6.07) is 5.19. The van der Waals surface area contributed by atoms with Crippen molar-refractivity contribution in [2.24, 2.45) is 10.9 Å². The van der Waals surface area contributed by atoms with Gasteiger partial charge in [0.05, 0.1) is 18.7 Å². The number of likely N-dealkylation sites (tertiary alicyclic amines) is 1. The molecule has 1 amide bonds. The third-order valence-electron chi connectivity index (χ3n) is 6.07. The van der Waals surface area contributed by atoms with Crippen LogP contribution in [-0.4, -0.2) is 63.0 Å². The number of aromatic nitrogens is 4. The molecule has 4 heterocycles. The topological polar surface area (TPSA) is 114 Å². The summed E-state index contributed by atoms with van der Waals surface area (Å²) >= 11 is 0. The summed E-state index contributed by atoms with van der Waals surface area (Å²) in [5.74, 6) is 0.483. The number of carbonyl (C=O) groups excluding carboxylic acids is 1. The van der Waals surface area contributed by atoms with Crippen molar-refractivity contribution < 1.29 is 14.2 Å². The number of amides is 1. The summed E-state index contributed by atoms with van der Waals surface area (Å²) < 4.78 is 10.1. The Morgan fingerprint density at radius 3 is 2.94 bits per heavy atom. The number of fused-ring (bicyclic) bond motifs is 2. The Balaban J connectivity index is 1.50. The Morgan fingerprint density at radius 2 is 2.16 bits per heavy atom. The molecule has 5 rings (SSSR count). The molecule has 0 saturated carbocycles. The van der Waals surface area contributed by atoms with Crippen LogP contribution in [0.3, 0.4) is 0 Å². The van der Waals surface area contributed by atoms with Gasteiger partial charge in [-0.05, 0) is 41.7 Å². The lowest BCUT2D eigenvalue weighted by atomic mass is 9.76. The normalized spacial score (nSPS) is 21.4. The number of nitrogens with one attached hydrogen (secondary N) is 1. The second-order valence-corrected chi connectivity index (χ2v) is 7.70. The molecule has 1 N–H and O–H groups in total. The molecule has 2 unspecified atom stereocenters. The van der Waals surface area contributed by atoms with E-state index in [0.717, 1.165) is 29.7 Å². The predicted octanol–water partition coefficient (Wildman–Crippen LogP) is 3.32. The number of H-pyrrole nitrogens is 1. The van der Waals surface area contributed by atoms with Crippen LogP contribution in [0.1, 0.15) is 36.8 Å². The van der Waals surface area contributed by atoms with Gasteiger partial charge in [0.1, 0.15) is 16.7 Å². The number of hydrogen-bond donors (Lipinski definition) is 1. The highest BCUT2D eigenvalue weighted by Gasteiger charge is 2.45. The van der Waals surface area contributed by atoms with Gasteiger partial charge in [-0.3, -0.25) is 5.10 Å². The highest BCUT2D eigenvalue weighted by Crippen LogP contribution is 2.43. The summed E-state index contributed by atoms with van der Waals surface area (Å²) in [6.07, 6.45) is 2.91. The molecule has 1 saturated heterocycles. The smallest absolute Gasteiger partial charge is 0.409 e. The Hall–Kier alpha value is -3.74. The summed E-state index contributed by atoms with van der Waals surface area (Å²) in [5.41, 5.74) is 3.86. The van der Waals surface area contributed by atoms with Crippen LogP contribution in [0.15, 0.2) is 34.0 Å². The Labute approximate surface area is 178 Å². The fraction of sp³-hybridized carbons (Fsp3) is 0.429. The third-order valence-corrected chi connectivity index (χ3v) is 6.07. The van der Waals surface area contributed by atoms with E-state index in [0.29, 0.717) is 36.5 Å². The second kappa shape index (κ2) is 7.83. The number of benzene rings is 1. The van der Waals surface area contributed by atoms with Crippen LogP contribution in [0.2, 0.25) is 0 Å². The molecule has 2 atom stereocenters. The first kappa shape index (κ1) is 19.2. The zero-order valence-corrected chi connectivity index (χ0v) is 17.0. The van der Waals surface area contributed by atoms with Crippen LogP contribution in [0.4, 0.5) is 10.6 Å². The van der Waals surface area contributed by atoms with Crippen molar-refractivity contribution in [1.29, 1.82) is 0 Å². The van der Waals surface area contributed by atoms with Gasteiger partial charge < -0.3 is 14.5 Å². The van der Waals surface area contributed by atoms with Crippen LogP contribution in [0.5, 0.6) is 0 Å². The van der Waals surface area contributed by atoms with Crippen molar-refractivity contribution in [2.75, 3.05) is 19.7 Å². The summed E-state index contributed by atoms with van der Waals surface area (Å²) in [6.45, 7) is 11.3. The molecule has 0 spiro atoms. The van der Waals surface area contributed by atoms with Crippen LogP contribution in [0.25, 0.3) is 15.9 Å². The van der Waals surface area contributed by atoms with E-state index in [2.05, 4.69) is 25.4 Å². The predicted molar refractivity (Wildman–Crippen MR) is 111 cm³/mol. The second-order valence-electron chi connectivity index (χ2n) is 7.70.